The highest BCUT2D eigenvalue weighted by atomic mass is 16.5. The van der Waals surface area contributed by atoms with E-state index in [9.17, 15) is 9.59 Å². The Kier molecular flexibility index (Phi) is 4.75. The van der Waals surface area contributed by atoms with E-state index in [0.29, 0.717) is 18.7 Å². The number of benzene rings is 1. The molecule has 1 atom stereocenters. The van der Waals surface area contributed by atoms with Gasteiger partial charge in [-0.05, 0) is 36.6 Å². The van der Waals surface area contributed by atoms with Crippen molar-refractivity contribution in [2.75, 3.05) is 20.2 Å². The third-order valence-electron chi connectivity index (χ3n) is 3.78. The van der Waals surface area contributed by atoms with Gasteiger partial charge >= 0.3 is 5.97 Å². The van der Waals surface area contributed by atoms with Gasteiger partial charge in [0.05, 0.1) is 6.10 Å². The average molecular weight is 289 g/mol. The summed E-state index contributed by atoms with van der Waals surface area (Å²) >= 11 is 0. The lowest BCUT2D eigenvalue weighted by molar-refractivity contribution is -0.131. The van der Waals surface area contributed by atoms with Crippen LogP contribution in [0.4, 0.5) is 0 Å². The fourth-order valence-electron chi connectivity index (χ4n) is 2.50. The number of methoxy groups -OCH3 is 1. The zero-order chi connectivity index (χ0) is 15.4. The predicted octanol–water partition coefficient (Wildman–Crippen LogP) is 1.95. The van der Waals surface area contributed by atoms with Gasteiger partial charge in [-0.3, -0.25) is 4.79 Å². The van der Waals surface area contributed by atoms with E-state index in [0.717, 1.165) is 23.6 Å². The van der Waals surface area contributed by atoms with Crippen LogP contribution in [0.2, 0.25) is 0 Å². The largest absolute Gasteiger partial charge is 0.478 e. The second-order valence-electron chi connectivity index (χ2n) is 5.09. The number of aliphatic carboxylic acids is 1. The van der Waals surface area contributed by atoms with E-state index in [2.05, 4.69) is 0 Å². The Morgan fingerprint density at radius 1 is 1.43 bits per heavy atom. The van der Waals surface area contributed by atoms with Crippen LogP contribution in [-0.4, -0.2) is 48.2 Å². The molecule has 1 aromatic carbocycles. The minimum absolute atomic E-state index is 0.0300. The van der Waals surface area contributed by atoms with E-state index in [1.807, 2.05) is 6.92 Å². The van der Waals surface area contributed by atoms with Crippen LogP contribution < -0.4 is 0 Å². The van der Waals surface area contributed by atoms with Crippen LogP contribution in [0.25, 0.3) is 6.08 Å². The maximum atomic E-state index is 12.5. The fraction of sp³-hybridized carbons (Fsp3) is 0.375. The van der Waals surface area contributed by atoms with Crippen molar-refractivity contribution >= 4 is 18.0 Å². The third kappa shape index (κ3) is 3.49. The molecule has 1 heterocycles. The molecule has 0 bridgehead atoms. The standard InChI is InChI=1S/C16H19NO4/c1-11-12(6-7-15(18)19)4-3-5-14(11)16(20)17-9-8-13(10-17)21-2/h3-7,13H,8-10H2,1-2H3,(H,18,19)/b7-6+. The molecule has 21 heavy (non-hydrogen) atoms. The first kappa shape index (κ1) is 15.3. The van der Waals surface area contributed by atoms with Gasteiger partial charge in [0.25, 0.3) is 5.91 Å². The number of carbonyl (C=O) groups is 2. The molecule has 1 aliphatic rings. The van der Waals surface area contributed by atoms with Crippen LogP contribution >= 0.6 is 0 Å². The first-order chi connectivity index (χ1) is 10.0. The molecule has 0 aliphatic carbocycles. The number of hydrogen-bond donors (Lipinski definition) is 1. The number of ether oxygens (including phenoxy) is 1. The number of carboxylic acid groups (broad SMARTS) is 1. The Labute approximate surface area is 123 Å². The minimum atomic E-state index is -1.01. The van der Waals surface area contributed by atoms with Gasteiger partial charge in [0, 0.05) is 31.8 Å². The normalized spacial score (nSPS) is 18.4. The maximum absolute atomic E-state index is 12.5. The van der Waals surface area contributed by atoms with Gasteiger partial charge < -0.3 is 14.7 Å². The molecule has 5 heteroatoms. The summed E-state index contributed by atoms with van der Waals surface area (Å²) in [7, 11) is 1.65. The molecule has 1 aromatic rings. The number of amides is 1. The number of rotatable bonds is 4. The van der Waals surface area contributed by atoms with E-state index in [1.165, 1.54) is 6.08 Å². The molecule has 0 saturated carbocycles. The van der Waals surface area contributed by atoms with Gasteiger partial charge in [-0.1, -0.05) is 12.1 Å². The highest BCUT2D eigenvalue weighted by molar-refractivity contribution is 5.97. The molecule has 2 rings (SSSR count). The summed E-state index contributed by atoms with van der Waals surface area (Å²) < 4.78 is 5.28. The number of nitrogens with zero attached hydrogens (tertiary/aromatic N) is 1. The summed E-state index contributed by atoms with van der Waals surface area (Å²) in [5.41, 5.74) is 2.14. The molecule has 112 valence electrons. The SMILES string of the molecule is COC1CCN(C(=O)c2cccc(/C=C/C(=O)O)c2C)C1. The van der Waals surface area contributed by atoms with E-state index in [4.69, 9.17) is 9.84 Å². The summed E-state index contributed by atoms with van der Waals surface area (Å²) in [4.78, 5) is 24.9. The van der Waals surface area contributed by atoms with Gasteiger partial charge in [-0.2, -0.15) is 0 Å². The summed E-state index contributed by atoms with van der Waals surface area (Å²) in [5.74, 6) is -1.04. The number of carbonyl (C=O) groups excluding carboxylic acids is 1. The number of hydrogen-bond acceptors (Lipinski definition) is 3. The van der Waals surface area contributed by atoms with Crippen molar-refractivity contribution in [1.29, 1.82) is 0 Å². The van der Waals surface area contributed by atoms with Crippen LogP contribution in [0.3, 0.4) is 0 Å². The molecule has 1 unspecified atom stereocenters. The molecular formula is C16H19NO4. The maximum Gasteiger partial charge on any atom is 0.328 e. The fourth-order valence-corrected chi connectivity index (χ4v) is 2.50. The highest BCUT2D eigenvalue weighted by Gasteiger charge is 2.27. The Balaban J connectivity index is 2.22. The molecule has 0 spiro atoms. The second-order valence-corrected chi connectivity index (χ2v) is 5.09. The predicted molar refractivity (Wildman–Crippen MR) is 79.2 cm³/mol. The van der Waals surface area contributed by atoms with Gasteiger partial charge in [-0.15, -0.1) is 0 Å². The Morgan fingerprint density at radius 2 is 2.19 bits per heavy atom. The smallest absolute Gasteiger partial charge is 0.328 e. The molecule has 1 amide bonds. The molecule has 0 aromatic heterocycles. The van der Waals surface area contributed by atoms with Crippen molar-refractivity contribution in [3.63, 3.8) is 0 Å². The molecular weight excluding hydrogens is 270 g/mol. The zero-order valence-electron chi connectivity index (χ0n) is 12.2. The van der Waals surface area contributed by atoms with Crippen molar-refractivity contribution in [2.24, 2.45) is 0 Å². The quantitative estimate of drug-likeness (QED) is 0.860. The topological polar surface area (TPSA) is 66.8 Å². The van der Waals surface area contributed by atoms with Crippen molar-refractivity contribution in [3.05, 3.63) is 41.0 Å². The summed E-state index contributed by atoms with van der Waals surface area (Å²) in [5, 5.41) is 8.70. The first-order valence-corrected chi connectivity index (χ1v) is 6.85. The highest BCUT2D eigenvalue weighted by Crippen LogP contribution is 2.20. The van der Waals surface area contributed by atoms with Crippen LogP contribution in [0, 0.1) is 6.92 Å². The van der Waals surface area contributed by atoms with Crippen molar-refractivity contribution in [2.45, 2.75) is 19.4 Å². The summed E-state index contributed by atoms with van der Waals surface area (Å²) in [6, 6.07) is 5.34. The third-order valence-corrected chi connectivity index (χ3v) is 3.78. The average Bonchev–Trinajstić information content (AvgIpc) is 2.94. The Hall–Kier alpha value is -2.14. The Morgan fingerprint density at radius 3 is 2.81 bits per heavy atom. The second kappa shape index (κ2) is 6.54. The van der Waals surface area contributed by atoms with Gasteiger partial charge in [0.1, 0.15) is 0 Å². The van der Waals surface area contributed by atoms with E-state index >= 15 is 0 Å². The lowest BCUT2D eigenvalue weighted by atomic mass is 10.0. The molecule has 5 nitrogen and oxygen atoms in total. The van der Waals surface area contributed by atoms with Gasteiger partial charge in [0.15, 0.2) is 0 Å². The lowest BCUT2D eigenvalue weighted by Gasteiger charge is -2.18. The molecule has 1 fully saturated rings. The van der Waals surface area contributed by atoms with Crippen LogP contribution in [0.5, 0.6) is 0 Å². The monoisotopic (exact) mass is 289 g/mol. The van der Waals surface area contributed by atoms with Gasteiger partial charge in [0.2, 0.25) is 0 Å². The van der Waals surface area contributed by atoms with Crippen molar-refractivity contribution < 1.29 is 19.4 Å². The minimum Gasteiger partial charge on any atom is -0.478 e. The number of likely N-dealkylation sites (tertiary alicyclic amines) is 1. The van der Waals surface area contributed by atoms with Crippen molar-refractivity contribution in [1.82, 2.24) is 4.90 Å². The first-order valence-electron chi connectivity index (χ1n) is 6.85. The van der Waals surface area contributed by atoms with E-state index < -0.39 is 5.97 Å². The van der Waals surface area contributed by atoms with Crippen LogP contribution in [0.15, 0.2) is 24.3 Å². The summed E-state index contributed by atoms with van der Waals surface area (Å²) in [6.07, 6.45) is 3.54. The molecule has 0 radical (unpaired) electrons. The zero-order valence-corrected chi connectivity index (χ0v) is 12.2. The molecule has 1 N–H and O–H groups in total. The van der Waals surface area contributed by atoms with E-state index in [1.54, 1.807) is 30.2 Å². The van der Waals surface area contributed by atoms with Crippen LogP contribution in [0.1, 0.15) is 27.9 Å². The van der Waals surface area contributed by atoms with Crippen LogP contribution in [-0.2, 0) is 9.53 Å². The molecule has 1 aliphatic heterocycles. The van der Waals surface area contributed by atoms with Gasteiger partial charge in [-0.25, -0.2) is 4.79 Å². The molecule has 1 saturated heterocycles. The Bertz CT molecular complexity index is 580. The summed E-state index contributed by atoms with van der Waals surface area (Å²) in [6.45, 7) is 3.12. The van der Waals surface area contributed by atoms with E-state index in [-0.39, 0.29) is 12.0 Å². The lowest BCUT2D eigenvalue weighted by Crippen LogP contribution is -2.30. The number of carboxylic acids is 1. The van der Waals surface area contributed by atoms with Crippen molar-refractivity contribution in [3.8, 4) is 0 Å².